The Balaban J connectivity index is 2.75. The maximum atomic E-state index is 5.33. The molecule has 0 saturated heterocycles. The van der Waals surface area contributed by atoms with E-state index < -0.39 is 8.80 Å². The molecule has 3 nitrogen and oxygen atoms in total. The molecule has 0 atom stereocenters. The van der Waals surface area contributed by atoms with Crippen LogP contribution in [0, 0.1) is 0 Å². The van der Waals surface area contributed by atoms with Crippen molar-refractivity contribution in [2.24, 2.45) is 0 Å². The van der Waals surface area contributed by atoms with Crippen LogP contribution in [0.2, 0.25) is 0 Å². The summed E-state index contributed by atoms with van der Waals surface area (Å²) in [6.07, 6.45) is 3.23. The zero-order chi connectivity index (χ0) is 9.03. The molecule has 0 saturated carbocycles. The molecule has 12 heavy (non-hydrogen) atoms. The van der Waals surface area contributed by atoms with Crippen LogP contribution in [0.15, 0.2) is 10.6 Å². The first-order valence-electron chi connectivity index (χ1n) is 3.78. The fourth-order valence-corrected chi connectivity index (χ4v) is 5.14. The highest BCUT2D eigenvalue weighted by atomic mass is 32.2. The highest BCUT2D eigenvalue weighted by molar-refractivity contribution is 8.05. The van der Waals surface area contributed by atoms with Gasteiger partial charge in [-0.1, -0.05) is 6.08 Å². The highest BCUT2D eigenvalue weighted by Gasteiger charge is 2.44. The highest BCUT2D eigenvalue weighted by Crippen LogP contribution is 2.33. The van der Waals surface area contributed by atoms with Gasteiger partial charge in [0.15, 0.2) is 0 Å². The Morgan fingerprint density at radius 3 is 2.17 bits per heavy atom. The lowest BCUT2D eigenvalue weighted by molar-refractivity contribution is 0.137. The lowest BCUT2D eigenvalue weighted by Crippen LogP contribution is -2.44. The van der Waals surface area contributed by atoms with Crippen molar-refractivity contribution in [1.82, 2.24) is 0 Å². The molecule has 0 aliphatic carbocycles. The van der Waals surface area contributed by atoms with Gasteiger partial charge in [-0.05, 0) is 6.42 Å². The van der Waals surface area contributed by atoms with E-state index in [0.29, 0.717) is 0 Å². The Morgan fingerprint density at radius 1 is 1.25 bits per heavy atom. The molecular formula is C7H14O3SSi. The first-order valence-corrected chi connectivity index (χ1v) is 6.49. The Labute approximate surface area is 78.4 Å². The van der Waals surface area contributed by atoms with Gasteiger partial charge >= 0.3 is 8.80 Å². The van der Waals surface area contributed by atoms with E-state index in [-0.39, 0.29) is 0 Å². The largest absolute Gasteiger partial charge is 0.542 e. The Morgan fingerprint density at radius 2 is 1.83 bits per heavy atom. The maximum absolute atomic E-state index is 5.33. The predicted octanol–water partition coefficient (Wildman–Crippen LogP) is 1.42. The van der Waals surface area contributed by atoms with E-state index in [1.165, 1.54) is 0 Å². The number of rotatable bonds is 4. The standard InChI is InChI=1S/C7H14O3SSi/c1-8-12(9-2,10-3)7-5-4-6-11-7/h5H,4,6H2,1-3H3. The van der Waals surface area contributed by atoms with Gasteiger partial charge in [0.2, 0.25) is 0 Å². The van der Waals surface area contributed by atoms with E-state index in [9.17, 15) is 0 Å². The summed E-state index contributed by atoms with van der Waals surface area (Å²) in [7, 11) is 2.45. The van der Waals surface area contributed by atoms with E-state index >= 15 is 0 Å². The first kappa shape index (κ1) is 10.3. The Kier molecular flexibility index (Phi) is 3.79. The predicted molar refractivity (Wildman–Crippen MR) is 51.9 cm³/mol. The minimum Gasteiger partial charge on any atom is -0.373 e. The van der Waals surface area contributed by atoms with Crippen molar-refractivity contribution in [1.29, 1.82) is 0 Å². The molecule has 1 aliphatic rings. The third-order valence-electron chi connectivity index (χ3n) is 1.81. The summed E-state index contributed by atoms with van der Waals surface area (Å²) in [6, 6.07) is 0. The molecule has 0 unspecified atom stereocenters. The van der Waals surface area contributed by atoms with Crippen molar-refractivity contribution in [3.63, 3.8) is 0 Å². The molecule has 0 amide bonds. The molecule has 0 N–H and O–H groups in total. The average molecular weight is 206 g/mol. The number of hydrogen-bond donors (Lipinski definition) is 0. The Bertz CT molecular complexity index is 171. The van der Waals surface area contributed by atoms with Gasteiger partial charge in [-0.2, -0.15) is 0 Å². The lowest BCUT2D eigenvalue weighted by atomic mass is 10.5. The van der Waals surface area contributed by atoms with E-state index in [1.54, 1.807) is 33.1 Å². The summed E-state index contributed by atoms with van der Waals surface area (Å²) in [5, 5.41) is 0. The molecule has 0 spiro atoms. The van der Waals surface area contributed by atoms with Gasteiger partial charge in [0.1, 0.15) is 0 Å². The normalized spacial score (nSPS) is 18.1. The summed E-state index contributed by atoms with van der Waals surface area (Å²) in [6.45, 7) is 0. The molecule has 1 heterocycles. The van der Waals surface area contributed by atoms with Crippen LogP contribution in [0.25, 0.3) is 0 Å². The van der Waals surface area contributed by atoms with Gasteiger partial charge in [0.05, 0.1) is 4.53 Å². The molecule has 1 aliphatic heterocycles. The zero-order valence-electron chi connectivity index (χ0n) is 7.62. The van der Waals surface area contributed by atoms with Crippen molar-refractivity contribution < 1.29 is 13.3 Å². The quantitative estimate of drug-likeness (QED) is 0.650. The van der Waals surface area contributed by atoms with Crippen LogP contribution in [-0.2, 0) is 13.3 Å². The summed E-state index contributed by atoms with van der Waals surface area (Å²) < 4.78 is 17.1. The van der Waals surface area contributed by atoms with E-state index in [2.05, 4.69) is 6.08 Å². The smallest absolute Gasteiger partial charge is 0.373 e. The molecule has 70 valence electrons. The lowest BCUT2D eigenvalue weighted by Gasteiger charge is -2.24. The van der Waals surface area contributed by atoms with Crippen molar-refractivity contribution in [3.05, 3.63) is 10.6 Å². The second-order valence-corrected chi connectivity index (χ2v) is 6.75. The van der Waals surface area contributed by atoms with Gasteiger partial charge in [-0.15, -0.1) is 11.8 Å². The fraction of sp³-hybridized carbons (Fsp3) is 0.714. The SMILES string of the molecule is CO[Si](OC)(OC)C1=CCCS1. The second kappa shape index (κ2) is 4.43. The number of hydrogen-bond acceptors (Lipinski definition) is 4. The summed E-state index contributed by atoms with van der Waals surface area (Å²) in [4.78, 5) is 0. The molecule has 0 fully saturated rings. The molecular weight excluding hydrogens is 192 g/mol. The van der Waals surface area contributed by atoms with Crippen molar-refractivity contribution >= 4 is 20.6 Å². The van der Waals surface area contributed by atoms with Crippen LogP contribution in [0.5, 0.6) is 0 Å². The van der Waals surface area contributed by atoms with Crippen LogP contribution >= 0.6 is 11.8 Å². The monoisotopic (exact) mass is 206 g/mol. The van der Waals surface area contributed by atoms with Crippen LogP contribution in [0.3, 0.4) is 0 Å². The molecule has 0 radical (unpaired) electrons. The van der Waals surface area contributed by atoms with Gasteiger partial charge in [-0.25, -0.2) is 0 Å². The van der Waals surface area contributed by atoms with Crippen LogP contribution in [0.4, 0.5) is 0 Å². The fourth-order valence-electron chi connectivity index (χ4n) is 1.18. The van der Waals surface area contributed by atoms with Crippen LogP contribution < -0.4 is 0 Å². The second-order valence-electron chi connectivity index (χ2n) is 2.37. The summed E-state index contributed by atoms with van der Waals surface area (Å²) >= 11 is 1.77. The van der Waals surface area contributed by atoms with E-state index in [1.807, 2.05) is 0 Å². The van der Waals surface area contributed by atoms with Crippen molar-refractivity contribution in [2.75, 3.05) is 27.1 Å². The molecule has 1 rings (SSSR count). The molecule has 0 aromatic rings. The third-order valence-corrected chi connectivity index (χ3v) is 6.33. The van der Waals surface area contributed by atoms with Gasteiger partial charge in [0, 0.05) is 27.1 Å². The third kappa shape index (κ3) is 1.75. The molecule has 0 bridgehead atoms. The minimum absolute atomic E-state index is 1.09. The molecule has 5 heteroatoms. The summed E-state index contributed by atoms with van der Waals surface area (Å²) in [5.74, 6) is 1.11. The Hall–Kier alpha value is 0.187. The van der Waals surface area contributed by atoms with Crippen LogP contribution in [-0.4, -0.2) is 35.9 Å². The number of thioether (sulfide) groups is 1. The van der Waals surface area contributed by atoms with E-state index in [4.69, 9.17) is 13.3 Å². The average Bonchev–Trinajstić information content (AvgIpc) is 2.62. The number of allylic oxidation sites excluding steroid dienone is 1. The topological polar surface area (TPSA) is 27.7 Å². The van der Waals surface area contributed by atoms with Gasteiger partial charge < -0.3 is 13.3 Å². The molecule has 0 aromatic heterocycles. The zero-order valence-corrected chi connectivity index (χ0v) is 9.44. The van der Waals surface area contributed by atoms with E-state index in [0.717, 1.165) is 16.7 Å². The molecule has 0 aromatic carbocycles. The van der Waals surface area contributed by atoms with Crippen LogP contribution in [0.1, 0.15) is 6.42 Å². The summed E-state index contributed by atoms with van der Waals surface area (Å²) in [5.41, 5.74) is 0. The van der Waals surface area contributed by atoms with Gasteiger partial charge in [0.25, 0.3) is 0 Å². The minimum atomic E-state index is -2.46. The van der Waals surface area contributed by atoms with Gasteiger partial charge in [-0.3, -0.25) is 0 Å². The van der Waals surface area contributed by atoms with Crippen molar-refractivity contribution in [3.8, 4) is 0 Å². The first-order chi connectivity index (χ1) is 5.79. The maximum Gasteiger partial charge on any atom is 0.542 e. The van der Waals surface area contributed by atoms with Crippen molar-refractivity contribution in [2.45, 2.75) is 6.42 Å².